The van der Waals surface area contributed by atoms with Crippen molar-refractivity contribution < 1.29 is 9.90 Å². The molecule has 0 atom stereocenters. The van der Waals surface area contributed by atoms with Gasteiger partial charge in [0, 0.05) is 13.0 Å². The van der Waals surface area contributed by atoms with Crippen LogP contribution in [0.5, 0.6) is 0 Å². The van der Waals surface area contributed by atoms with Crippen LogP contribution in [0.3, 0.4) is 0 Å². The third-order valence-electron chi connectivity index (χ3n) is 2.30. The summed E-state index contributed by atoms with van der Waals surface area (Å²) < 4.78 is 1.43. The normalized spacial score (nSPS) is 16.1. The van der Waals surface area contributed by atoms with Gasteiger partial charge >= 0.3 is 5.97 Å². The van der Waals surface area contributed by atoms with Gasteiger partial charge in [0.25, 0.3) is 0 Å². The van der Waals surface area contributed by atoms with Crippen LogP contribution in [0.4, 0.5) is 5.82 Å². The fourth-order valence-corrected chi connectivity index (χ4v) is 1.42. The molecule has 1 saturated carbocycles. The highest BCUT2D eigenvalue weighted by Crippen LogP contribution is 2.41. The number of aromatic carboxylic acids is 1. The molecule has 0 amide bonds. The summed E-state index contributed by atoms with van der Waals surface area (Å²) >= 11 is 0. The van der Waals surface area contributed by atoms with Crippen LogP contribution >= 0.6 is 0 Å². The van der Waals surface area contributed by atoms with Crippen molar-refractivity contribution in [2.24, 2.45) is 7.05 Å². The summed E-state index contributed by atoms with van der Waals surface area (Å²) in [6.07, 6.45) is 2.05. The summed E-state index contributed by atoms with van der Waals surface area (Å²) in [4.78, 5) is 10.9. The molecule has 5 heteroatoms. The van der Waals surface area contributed by atoms with Crippen LogP contribution in [0, 0.1) is 0 Å². The Morgan fingerprint density at radius 2 is 2.31 bits per heavy atom. The lowest BCUT2D eigenvalue weighted by Gasteiger charge is -1.94. The van der Waals surface area contributed by atoms with Crippen molar-refractivity contribution in [1.29, 1.82) is 0 Å². The van der Waals surface area contributed by atoms with Gasteiger partial charge in [-0.1, -0.05) is 0 Å². The summed E-state index contributed by atoms with van der Waals surface area (Å²) in [5.74, 6) is -0.420. The molecule has 0 unspecified atom stereocenters. The maximum atomic E-state index is 10.9. The Kier molecular flexibility index (Phi) is 1.55. The molecule has 0 saturated heterocycles. The van der Waals surface area contributed by atoms with Crippen molar-refractivity contribution in [3.05, 3.63) is 11.3 Å². The van der Waals surface area contributed by atoms with Gasteiger partial charge in [0.2, 0.25) is 0 Å². The summed E-state index contributed by atoms with van der Waals surface area (Å²) in [7, 11) is 1.66. The van der Waals surface area contributed by atoms with Crippen molar-refractivity contribution >= 4 is 11.8 Å². The van der Waals surface area contributed by atoms with Crippen LogP contribution in [0.25, 0.3) is 0 Å². The fourth-order valence-electron chi connectivity index (χ4n) is 1.42. The molecule has 0 bridgehead atoms. The molecular weight excluding hydrogens is 170 g/mol. The molecule has 1 aliphatic rings. The number of nitrogens with zero attached hydrogens (tertiary/aromatic N) is 2. The van der Waals surface area contributed by atoms with E-state index in [-0.39, 0.29) is 11.4 Å². The lowest BCUT2D eigenvalue weighted by atomic mass is 10.1. The number of hydrogen-bond acceptors (Lipinski definition) is 3. The Morgan fingerprint density at radius 3 is 2.77 bits per heavy atom. The Morgan fingerprint density at radius 1 is 1.69 bits per heavy atom. The molecule has 0 aliphatic heterocycles. The van der Waals surface area contributed by atoms with Gasteiger partial charge in [-0.05, 0) is 12.8 Å². The lowest BCUT2D eigenvalue weighted by Crippen LogP contribution is -2.04. The van der Waals surface area contributed by atoms with Crippen molar-refractivity contribution in [2.45, 2.75) is 18.8 Å². The van der Waals surface area contributed by atoms with Crippen LogP contribution in [0.15, 0.2) is 0 Å². The first-order chi connectivity index (χ1) is 6.11. The number of aryl methyl sites for hydroxylation is 1. The fraction of sp³-hybridized carbons (Fsp3) is 0.500. The smallest absolute Gasteiger partial charge is 0.341 e. The SMILES string of the molecule is Cn1nc(C2CC2)c(C(=O)O)c1N. The maximum Gasteiger partial charge on any atom is 0.341 e. The van der Waals surface area contributed by atoms with E-state index in [4.69, 9.17) is 10.8 Å². The summed E-state index contributed by atoms with van der Waals surface area (Å²) in [5, 5.41) is 13.0. The highest BCUT2D eigenvalue weighted by Gasteiger charge is 2.33. The zero-order valence-corrected chi connectivity index (χ0v) is 7.32. The number of anilines is 1. The molecule has 1 aromatic rings. The minimum Gasteiger partial charge on any atom is -0.477 e. The van der Waals surface area contributed by atoms with Gasteiger partial charge in [-0.15, -0.1) is 0 Å². The first-order valence-electron chi connectivity index (χ1n) is 4.17. The van der Waals surface area contributed by atoms with Crippen molar-refractivity contribution in [2.75, 3.05) is 5.73 Å². The van der Waals surface area contributed by atoms with Gasteiger partial charge < -0.3 is 10.8 Å². The zero-order valence-electron chi connectivity index (χ0n) is 7.32. The largest absolute Gasteiger partial charge is 0.477 e. The van der Waals surface area contributed by atoms with Crippen molar-refractivity contribution in [3.63, 3.8) is 0 Å². The number of aromatic nitrogens is 2. The topological polar surface area (TPSA) is 81.1 Å². The number of carboxylic acids is 1. The first kappa shape index (κ1) is 8.10. The Bertz CT molecular complexity index is 366. The van der Waals surface area contributed by atoms with Crippen LogP contribution in [-0.4, -0.2) is 20.9 Å². The van der Waals surface area contributed by atoms with E-state index in [1.165, 1.54) is 4.68 Å². The average Bonchev–Trinajstić information content (AvgIpc) is 2.80. The molecule has 70 valence electrons. The molecule has 13 heavy (non-hydrogen) atoms. The highest BCUT2D eigenvalue weighted by molar-refractivity contribution is 5.94. The number of carbonyl (C=O) groups is 1. The summed E-state index contributed by atoms with van der Waals surface area (Å²) in [5.41, 5.74) is 6.42. The van der Waals surface area contributed by atoms with Gasteiger partial charge in [-0.3, -0.25) is 4.68 Å². The second-order valence-corrected chi connectivity index (χ2v) is 3.35. The van der Waals surface area contributed by atoms with E-state index >= 15 is 0 Å². The number of nitrogen functional groups attached to an aromatic ring is 1. The predicted octanol–water partition coefficient (Wildman–Crippen LogP) is 0.578. The third-order valence-corrected chi connectivity index (χ3v) is 2.30. The van der Waals surface area contributed by atoms with E-state index in [2.05, 4.69) is 5.10 Å². The number of hydrogen-bond donors (Lipinski definition) is 2. The minimum atomic E-state index is -0.979. The van der Waals surface area contributed by atoms with Crippen molar-refractivity contribution in [1.82, 2.24) is 9.78 Å². The number of carboxylic acid groups (broad SMARTS) is 1. The molecule has 0 spiro atoms. The summed E-state index contributed by atoms with van der Waals surface area (Å²) in [6.45, 7) is 0. The van der Waals surface area contributed by atoms with Crippen molar-refractivity contribution in [3.8, 4) is 0 Å². The van der Waals surface area contributed by atoms with Gasteiger partial charge in [-0.2, -0.15) is 5.10 Å². The molecule has 3 N–H and O–H groups in total. The maximum absolute atomic E-state index is 10.9. The van der Waals surface area contributed by atoms with E-state index in [0.717, 1.165) is 12.8 Å². The average molecular weight is 181 g/mol. The molecule has 1 fully saturated rings. The first-order valence-corrected chi connectivity index (χ1v) is 4.17. The highest BCUT2D eigenvalue weighted by atomic mass is 16.4. The molecule has 2 rings (SSSR count). The zero-order chi connectivity index (χ0) is 9.59. The quantitative estimate of drug-likeness (QED) is 0.699. The van der Waals surface area contributed by atoms with E-state index in [1.54, 1.807) is 7.05 Å². The molecule has 5 nitrogen and oxygen atoms in total. The Hall–Kier alpha value is -1.52. The molecule has 1 heterocycles. The molecule has 1 aliphatic carbocycles. The summed E-state index contributed by atoms with van der Waals surface area (Å²) in [6, 6.07) is 0. The molecule has 0 aromatic carbocycles. The molecular formula is C8H11N3O2. The van der Waals surface area contributed by atoms with Gasteiger partial charge in [-0.25, -0.2) is 4.79 Å². The van der Waals surface area contributed by atoms with Gasteiger partial charge in [0.1, 0.15) is 11.4 Å². The van der Waals surface area contributed by atoms with Gasteiger partial charge in [0.15, 0.2) is 0 Å². The number of rotatable bonds is 2. The Balaban J connectivity index is 2.54. The van der Waals surface area contributed by atoms with Crippen LogP contribution < -0.4 is 5.73 Å². The van der Waals surface area contributed by atoms with Gasteiger partial charge in [0.05, 0.1) is 5.69 Å². The van der Waals surface area contributed by atoms with E-state index in [1.807, 2.05) is 0 Å². The van der Waals surface area contributed by atoms with E-state index in [0.29, 0.717) is 11.6 Å². The van der Waals surface area contributed by atoms with Crippen LogP contribution in [-0.2, 0) is 7.05 Å². The third kappa shape index (κ3) is 1.16. The lowest BCUT2D eigenvalue weighted by molar-refractivity contribution is 0.0697. The van der Waals surface area contributed by atoms with Crippen LogP contribution in [0.1, 0.15) is 34.8 Å². The number of nitrogens with two attached hydrogens (primary N) is 1. The van der Waals surface area contributed by atoms with E-state index in [9.17, 15) is 4.79 Å². The standard InChI is InChI=1S/C8H11N3O2/c1-11-7(9)5(8(12)13)6(10-11)4-2-3-4/h4H,2-3,9H2,1H3,(H,12,13). The Labute approximate surface area is 75.2 Å². The molecule has 1 aromatic heterocycles. The predicted molar refractivity (Wildman–Crippen MR) is 46.6 cm³/mol. The van der Waals surface area contributed by atoms with Crippen LogP contribution in [0.2, 0.25) is 0 Å². The monoisotopic (exact) mass is 181 g/mol. The minimum absolute atomic E-state index is 0.185. The second-order valence-electron chi connectivity index (χ2n) is 3.35. The van der Waals surface area contributed by atoms with E-state index < -0.39 is 5.97 Å². The molecule has 0 radical (unpaired) electrons. The second kappa shape index (κ2) is 2.48.